The molecule has 5 nitrogen and oxygen atoms in total. The molecule has 0 bridgehead atoms. The monoisotopic (exact) mass is 367 g/mol. The smallest absolute Gasteiger partial charge is 0.214 e. The van der Waals surface area contributed by atoms with Crippen LogP contribution < -0.4 is 4.74 Å². The van der Waals surface area contributed by atoms with E-state index in [-0.39, 0.29) is 10.8 Å². The lowest BCUT2D eigenvalue weighted by Gasteiger charge is -2.45. The van der Waals surface area contributed by atoms with Crippen LogP contribution in [0.1, 0.15) is 32.4 Å². The second-order valence-electron chi connectivity index (χ2n) is 5.82. The van der Waals surface area contributed by atoms with Crippen molar-refractivity contribution in [1.29, 1.82) is 0 Å². The summed E-state index contributed by atoms with van der Waals surface area (Å²) in [6.45, 7) is 4.92. The number of ether oxygens (including phenoxy) is 1. The fraction of sp³-hybridized carbons (Fsp3) is 0.571. The zero-order chi connectivity index (χ0) is 16.9. The van der Waals surface area contributed by atoms with Gasteiger partial charge in [-0.3, -0.25) is 0 Å². The van der Waals surface area contributed by atoms with Gasteiger partial charge in [-0.1, -0.05) is 23.2 Å². The van der Waals surface area contributed by atoms with E-state index in [4.69, 9.17) is 27.9 Å². The van der Waals surface area contributed by atoms with Crippen LogP contribution in [-0.2, 0) is 10.0 Å². The van der Waals surface area contributed by atoms with Gasteiger partial charge in [-0.25, -0.2) is 8.42 Å². The summed E-state index contributed by atoms with van der Waals surface area (Å²) in [7, 11) is -2.08. The quantitative estimate of drug-likeness (QED) is 0.891. The van der Waals surface area contributed by atoms with Crippen molar-refractivity contribution < 1.29 is 18.3 Å². The summed E-state index contributed by atoms with van der Waals surface area (Å²) in [5.74, 6) is 0.280. The fourth-order valence-electron chi connectivity index (χ4n) is 2.55. The summed E-state index contributed by atoms with van der Waals surface area (Å²) < 4.78 is 31.4. The molecule has 1 aliphatic heterocycles. The number of hydrogen-bond donors (Lipinski definition) is 1. The fourth-order valence-corrected chi connectivity index (χ4v) is 4.08. The van der Waals surface area contributed by atoms with Crippen molar-refractivity contribution in [2.75, 3.05) is 12.8 Å². The first-order valence-corrected chi connectivity index (χ1v) is 9.19. The zero-order valence-corrected chi connectivity index (χ0v) is 15.1. The van der Waals surface area contributed by atoms with Gasteiger partial charge in [-0.2, -0.15) is 4.31 Å². The minimum absolute atomic E-state index is 0.0718. The maximum absolute atomic E-state index is 12.2. The SMILES string of the molecule is CCS(=O)(=O)N(C)[C@@H]1c2cc(Cl)cc(Cl)c2OC(C)(C)[C@H]1O. The van der Waals surface area contributed by atoms with Crippen LogP contribution in [0.2, 0.25) is 10.0 Å². The minimum atomic E-state index is -3.52. The Morgan fingerprint density at radius 3 is 2.50 bits per heavy atom. The predicted molar refractivity (Wildman–Crippen MR) is 87.1 cm³/mol. The maximum Gasteiger partial charge on any atom is 0.214 e. The Bertz CT molecular complexity index is 690. The van der Waals surface area contributed by atoms with Crippen molar-refractivity contribution >= 4 is 33.2 Å². The Labute approximate surface area is 140 Å². The molecule has 124 valence electrons. The molecule has 0 spiro atoms. The number of nitrogens with zero attached hydrogens (tertiary/aromatic N) is 1. The van der Waals surface area contributed by atoms with Gasteiger partial charge in [0.15, 0.2) is 0 Å². The number of fused-ring (bicyclic) bond motifs is 1. The molecule has 1 aromatic rings. The van der Waals surface area contributed by atoms with Crippen LogP contribution in [0.15, 0.2) is 12.1 Å². The van der Waals surface area contributed by atoms with E-state index in [1.54, 1.807) is 26.8 Å². The maximum atomic E-state index is 12.2. The summed E-state index contributed by atoms with van der Waals surface area (Å²) in [6, 6.07) is 2.29. The first-order valence-electron chi connectivity index (χ1n) is 6.83. The lowest BCUT2D eigenvalue weighted by Crippen LogP contribution is -2.54. The van der Waals surface area contributed by atoms with E-state index in [2.05, 4.69) is 0 Å². The highest BCUT2D eigenvalue weighted by atomic mass is 35.5. The Morgan fingerprint density at radius 1 is 1.36 bits per heavy atom. The first kappa shape index (κ1) is 17.8. The lowest BCUT2D eigenvalue weighted by atomic mass is 9.86. The number of hydrogen-bond acceptors (Lipinski definition) is 4. The van der Waals surface area contributed by atoms with Gasteiger partial charge in [0, 0.05) is 17.6 Å². The molecular formula is C14H19Cl2NO4S. The molecule has 2 rings (SSSR count). The third kappa shape index (κ3) is 2.95. The Morgan fingerprint density at radius 2 is 1.95 bits per heavy atom. The second kappa shape index (κ2) is 5.83. The van der Waals surface area contributed by atoms with Crippen molar-refractivity contribution in [1.82, 2.24) is 4.31 Å². The minimum Gasteiger partial charge on any atom is -0.483 e. The molecular weight excluding hydrogens is 349 g/mol. The van der Waals surface area contributed by atoms with Crippen LogP contribution >= 0.6 is 23.2 Å². The lowest BCUT2D eigenvalue weighted by molar-refractivity contribution is -0.0762. The molecule has 0 aliphatic carbocycles. The van der Waals surface area contributed by atoms with Crippen LogP contribution in [-0.4, -0.2) is 42.3 Å². The van der Waals surface area contributed by atoms with Crippen LogP contribution in [0.3, 0.4) is 0 Å². The number of rotatable bonds is 3. The molecule has 0 aromatic heterocycles. The summed E-state index contributed by atoms with van der Waals surface area (Å²) in [5, 5.41) is 11.3. The van der Waals surface area contributed by atoms with Crippen LogP contribution in [0.25, 0.3) is 0 Å². The number of halogens is 2. The number of likely N-dealkylation sites (N-methyl/N-ethyl adjacent to an activating group) is 1. The van der Waals surface area contributed by atoms with Crippen LogP contribution in [0.4, 0.5) is 0 Å². The normalized spacial score (nSPS) is 24.0. The summed E-state index contributed by atoms with van der Waals surface area (Å²) in [6.07, 6.45) is -1.07. The Balaban J connectivity index is 2.68. The van der Waals surface area contributed by atoms with Gasteiger partial charge in [-0.05, 0) is 32.9 Å². The molecule has 1 heterocycles. The van der Waals surface area contributed by atoms with Crippen molar-refractivity contribution in [2.45, 2.75) is 38.5 Å². The average molecular weight is 368 g/mol. The van der Waals surface area contributed by atoms with Gasteiger partial charge in [0.2, 0.25) is 10.0 Å². The van der Waals surface area contributed by atoms with E-state index in [0.29, 0.717) is 16.3 Å². The Hall–Kier alpha value is -0.530. The molecule has 1 aromatic carbocycles. The largest absolute Gasteiger partial charge is 0.483 e. The standard InChI is InChI=1S/C14H19Cl2NO4S/c1-5-22(19,20)17(4)11-9-6-8(15)7-10(16)12(9)21-14(2,3)13(11)18/h6-7,11,13,18H,5H2,1-4H3/t11-,13+/m1/s1. The van der Waals surface area contributed by atoms with Gasteiger partial charge >= 0.3 is 0 Å². The molecule has 0 saturated carbocycles. The molecule has 0 amide bonds. The summed E-state index contributed by atoms with van der Waals surface area (Å²) in [4.78, 5) is 0. The first-order chi connectivity index (χ1) is 10.0. The van der Waals surface area contributed by atoms with Crippen molar-refractivity contribution in [3.63, 3.8) is 0 Å². The van der Waals surface area contributed by atoms with E-state index in [1.165, 1.54) is 13.1 Å². The molecule has 0 fully saturated rings. The highest BCUT2D eigenvalue weighted by molar-refractivity contribution is 7.89. The van der Waals surface area contributed by atoms with Gasteiger partial charge in [0.25, 0.3) is 0 Å². The third-order valence-corrected chi connectivity index (χ3v) is 6.26. The molecule has 0 radical (unpaired) electrons. The van der Waals surface area contributed by atoms with E-state index < -0.39 is 27.8 Å². The number of aliphatic hydroxyl groups is 1. The Kier molecular flexibility index (Phi) is 4.73. The topological polar surface area (TPSA) is 66.8 Å². The third-order valence-electron chi connectivity index (χ3n) is 3.93. The second-order valence-corrected chi connectivity index (χ2v) is 8.98. The van der Waals surface area contributed by atoms with E-state index in [9.17, 15) is 13.5 Å². The zero-order valence-electron chi connectivity index (χ0n) is 12.8. The summed E-state index contributed by atoms with van der Waals surface area (Å²) >= 11 is 12.2. The summed E-state index contributed by atoms with van der Waals surface area (Å²) in [5.41, 5.74) is -0.531. The number of aliphatic hydroxyl groups excluding tert-OH is 1. The highest BCUT2D eigenvalue weighted by Gasteiger charge is 2.47. The van der Waals surface area contributed by atoms with Crippen molar-refractivity contribution in [3.8, 4) is 5.75 Å². The molecule has 22 heavy (non-hydrogen) atoms. The molecule has 0 saturated heterocycles. The van der Waals surface area contributed by atoms with Crippen LogP contribution in [0, 0.1) is 0 Å². The van der Waals surface area contributed by atoms with Gasteiger partial charge in [-0.15, -0.1) is 0 Å². The molecule has 2 atom stereocenters. The van der Waals surface area contributed by atoms with E-state index in [0.717, 1.165) is 4.31 Å². The molecule has 0 unspecified atom stereocenters. The number of benzene rings is 1. The molecule has 1 N–H and O–H groups in total. The van der Waals surface area contributed by atoms with Gasteiger partial charge in [0.1, 0.15) is 17.5 Å². The predicted octanol–water partition coefficient (Wildman–Crippen LogP) is 2.85. The van der Waals surface area contributed by atoms with E-state index >= 15 is 0 Å². The van der Waals surface area contributed by atoms with E-state index in [1.807, 2.05) is 0 Å². The molecule has 8 heteroatoms. The van der Waals surface area contributed by atoms with Crippen molar-refractivity contribution in [3.05, 3.63) is 27.7 Å². The van der Waals surface area contributed by atoms with Gasteiger partial charge in [0.05, 0.1) is 16.8 Å². The van der Waals surface area contributed by atoms with Gasteiger partial charge < -0.3 is 9.84 Å². The number of sulfonamides is 1. The van der Waals surface area contributed by atoms with Crippen molar-refractivity contribution in [2.24, 2.45) is 0 Å². The van der Waals surface area contributed by atoms with Crippen LogP contribution in [0.5, 0.6) is 5.75 Å². The highest BCUT2D eigenvalue weighted by Crippen LogP contribution is 2.47. The average Bonchev–Trinajstić information content (AvgIpc) is 2.41. The molecule has 1 aliphatic rings.